The van der Waals surface area contributed by atoms with Crippen molar-refractivity contribution in [3.05, 3.63) is 35.9 Å². The monoisotopic (exact) mass is 413 g/mol. The molecule has 0 aliphatic rings. The summed E-state index contributed by atoms with van der Waals surface area (Å²) in [7, 11) is 0. The highest BCUT2D eigenvalue weighted by atomic mass is 35.5. The summed E-state index contributed by atoms with van der Waals surface area (Å²) in [4.78, 5) is -0.117. The highest BCUT2D eigenvalue weighted by Gasteiger charge is 2.26. The summed E-state index contributed by atoms with van der Waals surface area (Å²) in [6.45, 7) is 6.66. The van der Waals surface area contributed by atoms with Gasteiger partial charge in [-0.25, -0.2) is 0 Å². The molecule has 2 nitrogen and oxygen atoms in total. The molecule has 166 valence electrons. The van der Waals surface area contributed by atoms with Crippen LogP contribution in [0, 0.1) is 5.92 Å². The number of unbranched alkanes of at least 4 members (excludes halogenated alkanes) is 11. The maximum Gasteiger partial charge on any atom is 0.0421 e. The normalized spacial score (nSPS) is 12.1. The molecule has 0 radical (unpaired) electrons. The second-order valence-electron chi connectivity index (χ2n) is 8.63. The lowest BCUT2D eigenvalue weighted by molar-refractivity contribution is 0.367. The first kappa shape index (κ1) is 29.6. The Balaban J connectivity index is 0. The minimum Gasteiger partial charge on any atom is -0.412 e. The van der Waals surface area contributed by atoms with Gasteiger partial charge in [-0.3, -0.25) is 0 Å². The first-order chi connectivity index (χ1) is 12.5. The second-order valence-corrected chi connectivity index (χ2v) is 9.60. The molecule has 0 aliphatic heterocycles. The van der Waals surface area contributed by atoms with Crippen molar-refractivity contribution in [3.63, 3.8) is 0 Å². The fourth-order valence-corrected chi connectivity index (χ4v) is 4.00. The molecule has 1 unspecified atom stereocenters. The van der Waals surface area contributed by atoms with Gasteiger partial charge in [-0.2, -0.15) is 0 Å². The van der Waals surface area contributed by atoms with E-state index in [0.717, 1.165) is 6.42 Å². The minimum absolute atomic E-state index is 0. The van der Waals surface area contributed by atoms with Gasteiger partial charge in [0.25, 0.3) is 0 Å². The summed E-state index contributed by atoms with van der Waals surface area (Å²) in [5.41, 5.74) is 1.42. The molecular formula is C25H48ClNO. The third-order valence-corrected chi connectivity index (χ3v) is 6.01. The molecule has 0 spiro atoms. The van der Waals surface area contributed by atoms with Crippen molar-refractivity contribution >= 4 is 11.6 Å². The largest absolute Gasteiger partial charge is 0.412 e. The zero-order chi connectivity index (χ0) is 19.1. The summed E-state index contributed by atoms with van der Waals surface area (Å²) in [5, 5.41) is 0. The van der Waals surface area contributed by atoms with Crippen LogP contribution in [0.1, 0.15) is 110 Å². The quantitative estimate of drug-likeness (QED) is 0.215. The van der Waals surface area contributed by atoms with Gasteiger partial charge in [0.2, 0.25) is 0 Å². The van der Waals surface area contributed by atoms with Crippen molar-refractivity contribution in [1.82, 2.24) is 6.15 Å². The van der Waals surface area contributed by atoms with Crippen LogP contribution in [-0.2, 0) is 6.42 Å². The fraction of sp³-hybridized carbons (Fsp3) is 0.760. The molecule has 1 aromatic rings. The Kier molecular flexibility index (Phi) is 19.5. The van der Waals surface area contributed by atoms with Crippen LogP contribution in [0.5, 0.6) is 0 Å². The summed E-state index contributed by atoms with van der Waals surface area (Å²) in [5.74, 6) is 0.565. The van der Waals surface area contributed by atoms with E-state index in [4.69, 9.17) is 11.6 Å². The third-order valence-electron chi connectivity index (χ3n) is 5.70. The van der Waals surface area contributed by atoms with Gasteiger partial charge in [-0.15, -0.1) is 11.6 Å². The molecule has 1 atom stereocenters. The fourth-order valence-electron chi connectivity index (χ4n) is 3.82. The molecule has 0 amide bonds. The van der Waals surface area contributed by atoms with Gasteiger partial charge in [0.05, 0.1) is 0 Å². The summed E-state index contributed by atoms with van der Waals surface area (Å²) >= 11 is 6.69. The van der Waals surface area contributed by atoms with E-state index in [-0.39, 0.29) is 16.5 Å². The molecule has 1 aromatic carbocycles. The average Bonchev–Trinajstić information content (AvgIpc) is 2.61. The summed E-state index contributed by atoms with van der Waals surface area (Å²) in [6.07, 6.45) is 19.3. The standard InChI is InChI=1S/C25H43Cl.H3N.H2O/c1-4-5-6-7-8-9-10-11-12-13-14-18-21-24(25(2,3)26)22-23-19-16-15-17-20-23;;/h15-17,19-20,24H,4-14,18,21-22H2,1-3H3;1H3;1H2. The minimum atomic E-state index is -0.117. The Morgan fingerprint density at radius 3 is 1.61 bits per heavy atom. The molecule has 1 rings (SSSR count). The van der Waals surface area contributed by atoms with Crippen molar-refractivity contribution < 1.29 is 5.48 Å². The van der Waals surface area contributed by atoms with E-state index in [9.17, 15) is 0 Å². The topological polar surface area (TPSA) is 66.5 Å². The lowest BCUT2D eigenvalue weighted by Crippen LogP contribution is -2.26. The summed E-state index contributed by atoms with van der Waals surface area (Å²) < 4.78 is 0. The van der Waals surface area contributed by atoms with Crippen LogP contribution in [0.4, 0.5) is 0 Å². The predicted molar refractivity (Wildman–Crippen MR) is 128 cm³/mol. The molecule has 3 heteroatoms. The maximum atomic E-state index is 6.69. The Hall–Kier alpha value is -0.570. The molecule has 0 saturated carbocycles. The molecule has 0 heterocycles. The Morgan fingerprint density at radius 1 is 0.750 bits per heavy atom. The van der Waals surface area contributed by atoms with Crippen molar-refractivity contribution in [3.8, 4) is 0 Å². The molecule has 0 bridgehead atoms. The van der Waals surface area contributed by atoms with Gasteiger partial charge >= 0.3 is 0 Å². The van der Waals surface area contributed by atoms with Gasteiger partial charge in [-0.1, -0.05) is 114 Å². The van der Waals surface area contributed by atoms with Crippen LogP contribution in [0.15, 0.2) is 30.3 Å². The van der Waals surface area contributed by atoms with Crippen LogP contribution < -0.4 is 6.15 Å². The van der Waals surface area contributed by atoms with Crippen LogP contribution >= 0.6 is 11.6 Å². The van der Waals surface area contributed by atoms with Crippen LogP contribution in [0.25, 0.3) is 0 Å². The number of rotatable bonds is 16. The van der Waals surface area contributed by atoms with Gasteiger partial charge in [0.15, 0.2) is 0 Å². The highest BCUT2D eigenvalue weighted by molar-refractivity contribution is 6.23. The van der Waals surface area contributed by atoms with E-state index < -0.39 is 0 Å². The van der Waals surface area contributed by atoms with Crippen LogP contribution in [0.2, 0.25) is 0 Å². The van der Waals surface area contributed by atoms with E-state index in [0.29, 0.717) is 5.92 Å². The van der Waals surface area contributed by atoms with Gasteiger partial charge < -0.3 is 11.6 Å². The second kappa shape index (κ2) is 18.5. The van der Waals surface area contributed by atoms with Gasteiger partial charge in [0.1, 0.15) is 0 Å². The number of hydrogen-bond acceptors (Lipinski definition) is 1. The van der Waals surface area contributed by atoms with E-state index in [1.807, 2.05) is 0 Å². The zero-order valence-electron chi connectivity index (χ0n) is 18.9. The van der Waals surface area contributed by atoms with Crippen molar-refractivity contribution in [2.75, 3.05) is 0 Å². The number of halogens is 1. The van der Waals surface area contributed by atoms with Crippen LogP contribution in [-0.4, -0.2) is 10.4 Å². The van der Waals surface area contributed by atoms with E-state index >= 15 is 0 Å². The molecule has 5 N–H and O–H groups in total. The first-order valence-corrected chi connectivity index (χ1v) is 11.6. The third kappa shape index (κ3) is 15.4. The zero-order valence-corrected chi connectivity index (χ0v) is 19.7. The molecule has 0 aliphatic carbocycles. The first-order valence-electron chi connectivity index (χ1n) is 11.3. The van der Waals surface area contributed by atoms with Crippen LogP contribution in [0.3, 0.4) is 0 Å². The van der Waals surface area contributed by atoms with Crippen molar-refractivity contribution in [2.45, 2.75) is 116 Å². The molecule has 0 fully saturated rings. The van der Waals surface area contributed by atoms with Crippen molar-refractivity contribution in [1.29, 1.82) is 0 Å². The molecule has 0 aromatic heterocycles. The molecule has 0 saturated heterocycles. The smallest absolute Gasteiger partial charge is 0.0421 e. The van der Waals surface area contributed by atoms with E-state index in [1.165, 1.54) is 89.0 Å². The number of benzene rings is 1. The average molecular weight is 414 g/mol. The van der Waals surface area contributed by atoms with Crippen molar-refractivity contribution in [2.24, 2.45) is 5.92 Å². The number of alkyl halides is 1. The lowest BCUT2D eigenvalue weighted by Gasteiger charge is -2.29. The Labute approximate surface area is 180 Å². The lowest BCUT2D eigenvalue weighted by atomic mass is 9.84. The van der Waals surface area contributed by atoms with E-state index in [1.54, 1.807) is 0 Å². The highest BCUT2D eigenvalue weighted by Crippen LogP contribution is 2.32. The van der Waals surface area contributed by atoms with Gasteiger partial charge in [0, 0.05) is 4.87 Å². The Morgan fingerprint density at radius 2 is 1.18 bits per heavy atom. The maximum absolute atomic E-state index is 6.69. The Bertz CT molecular complexity index is 430. The predicted octanol–water partition coefficient (Wildman–Crippen LogP) is 8.29. The molecular weight excluding hydrogens is 366 g/mol. The van der Waals surface area contributed by atoms with E-state index in [2.05, 4.69) is 51.1 Å². The SMILES string of the molecule is CCCCCCCCCCCCCCC(Cc1ccccc1)C(C)(C)Cl.N.O. The summed E-state index contributed by atoms with van der Waals surface area (Å²) in [6, 6.07) is 10.8. The molecule has 28 heavy (non-hydrogen) atoms. The number of hydrogen-bond donors (Lipinski definition) is 1. The van der Waals surface area contributed by atoms with Gasteiger partial charge in [-0.05, 0) is 38.2 Å².